The van der Waals surface area contributed by atoms with E-state index in [1.165, 1.54) is 20.2 Å². The molecule has 10 aromatic rings. The average Bonchev–Trinajstić information content (AvgIpc) is 3.90. The lowest BCUT2D eigenvalue weighted by Gasteiger charge is -2.19. The van der Waals surface area contributed by atoms with Gasteiger partial charge in [0, 0.05) is 59.4 Å². The molecule has 0 saturated carbocycles. The van der Waals surface area contributed by atoms with Crippen molar-refractivity contribution in [3.8, 4) is 38.6 Å². The van der Waals surface area contributed by atoms with Crippen molar-refractivity contribution in [2.24, 2.45) is 4.99 Å². The van der Waals surface area contributed by atoms with E-state index in [9.17, 15) is 5.11 Å². The minimum absolute atomic E-state index is 0.0539. The molecule has 0 atom stereocenters. The fraction of sp³-hybridized carbons (Fsp3) is 0.0833. The van der Waals surface area contributed by atoms with Crippen LogP contribution in [0.25, 0.3) is 85.2 Å². The van der Waals surface area contributed by atoms with Crippen LogP contribution >= 0.6 is 22.7 Å². The van der Waals surface area contributed by atoms with Gasteiger partial charge in [-0.2, -0.15) is 0 Å². The van der Waals surface area contributed by atoms with Gasteiger partial charge in [0.05, 0.1) is 15.9 Å². The number of hydrogen-bond acceptors (Lipinski definition) is 6. The van der Waals surface area contributed by atoms with E-state index in [-0.39, 0.29) is 11.2 Å². The number of benzene rings is 7. The maximum atomic E-state index is 10.7. The minimum atomic E-state index is -0.0539. The maximum absolute atomic E-state index is 10.7. The lowest BCUT2D eigenvalue weighted by atomic mass is 9.86. The second-order valence-corrected chi connectivity index (χ2v) is 16.9. The third kappa shape index (κ3) is 5.49. The molecule has 0 aliphatic heterocycles. The number of phenols is 1. The number of furan rings is 1. The summed E-state index contributed by atoms with van der Waals surface area (Å²) in [6, 6.07) is 48.5. The number of aromatic hydroxyl groups is 1. The predicted octanol–water partition coefficient (Wildman–Crippen LogP) is 14.3. The molecule has 3 aromatic heterocycles. The van der Waals surface area contributed by atoms with Crippen molar-refractivity contribution in [2.75, 3.05) is 0 Å². The fourth-order valence-corrected chi connectivity index (χ4v) is 9.56. The molecule has 0 aliphatic rings. The molecule has 6 heteroatoms. The highest BCUT2D eigenvalue weighted by molar-refractivity contribution is 7.25. The number of hydrogen-bond donors (Lipinski definition) is 1. The molecule has 0 spiro atoms. The quantitative estimate of drug-likeness (QED) is 0.179. The van der Waals surface area contributed by atoms with E-state index >= 15 is 0 Å². The van der Waals surface area contributed by atoms with Crippen molar-refractivity contribution < 1.29 is 9.52 Å². The first-order chi connectivity index (χ1) is 26.3. The molecular formula is C48H34N2O2S2. The van der Waals surface area contributed by atoms with Crippen LogP contribution in [0.4, 0.5) is 5.69 Å². The summed E-state index contributed by atoms with van der Waals surface area (Å²) in [7, 11) is 0. The van der Waals surface area contributed by atoms with Crippen LogP contribution in [0.1, 0.15) is 31.9 Å². The van der Waals surface area contributed by atoms with Crippen molar-refractivity contribution in [1.29, 1.82) is 0 Å². The lowest BCUT2D eigenvalue weighted by Crippen LogP contribution is -2.11. The molecule has 7 aromatic carbocycles. The Kier molecular flexibility index (Phi) is 7.55. The summed E-state index contributed by atoms with van der Waals surface area (Å²) in [5.74, 6) is 0.204. The van der Waals surface area contributed by atoms with Crippen LogP contribution in [-0.4, -0.2) is 16.3 Å². The van der Waals surface area contributed by atoms with Gasteiger partial charge in [0.2, 0.25) is 0 Å². The molecule has 0 unspecified atom stereocenters. The highest BCUT2D eigenvalue weighted by atomic mass is 32.1. The SMILES string of the molecule is CC(C)(C)c1ccc(O)c(C=Nc2ccccc2-c2nc3c(-c4cccc5c4oc4ccccc45)cc(-c4ccc5sc6ccccc6c5c4)cc3s2)c1. The predicted molar refractivity (Wildman–Crippen MR) is 230 cm³/mol. The largest absolute Gasteiger partial charge is 0.507 e. The molecule has 0 amide bonds. The van der Waals surface area contributed by atoms with Gasteiger partial charge in [0.15, 0.2) is 0 Å². The molecule has 0 radical (unpaired) electrons. The highest BCUT2D eigenvalue weighted by Gasteiger charge is 2.20. The van der Waals surface area contributed by atoms with Gasteiger partial charge in [-0.25, -0.2) is 4.98 Å². The molecule has 0 bridgehead atoms. The molecule has 10 rings (SSSR count). The summed E-state index contributed by atoms with van der Waals surface area (Å²) >= 11 is 3.50. The van der Waals surface area contributed by atoms with E-state index < -0.39 is 0 Å². The number of para-hydroxylation sites is 3. The summed E-state index contributed by atoms with van der Waals surface area (Å²) < 4.78 is 10.2. The van der Waals surface area contributed by atoms with Gasteiger partial charge in [0.1, 0.15) is 21.9 Å². The Morgan fingerprint density at radius 1 is 0.611 bits per heavy atom. The van der Waals surface area contributed by atoms with Crippen molar-refractivity contribution in [1.82, 2.24) is 4.98 Å². The smallest absolute Gasteiger partial charge is 0.143 e. The number of aromatic nitrogens is 1. The number of thiazole rings is 1. The van der Waals surface area contributed by atoms with Gasteiger partial charge in [-0.1, -0.05) is 99.6 Å². The first-order valence-electron chi connectivity index (χ1n) is 18.0. The summed E-state index contributed by atoms with van der Waals surface area (Å²) in [5, 5.41) is 16.3. The molecule has 0 saturated heterocycles. The summed E-state index contributed by atoms with van der Waals surface area (Å²) in [6.07, 6.45) is 1.76. The summed E-state index contributed by atoms with van der Waals surface area (Å²) in [6.45, 7) is 6.50. The zero-order valence-electron chi connectivity index (χ0n) is 29.9. The Bertz CT molecular complexity index is 3120. The van der Waals surface area contributed by atoms with Crippen LogP contribution in [0.5, 0.6) is 5.75 Å². The van der Waals surface area contributed by atoms with Crippen LogP contribution in [0.3, 0.4) is 0 Å². The molecule has 0 fully saturated rings. The molecule has 0 aliphatic carbocycles. The summed E-state index contributed by atoms with van der Waals surface area (Å²) in [5.41, 5.74) is 10.4. The van der Waals surface area contributed by atoms with Gasteiger partial charge >= 0.3 is 0 Å². The third-order valence-electron chi connectivity index (χ3n) is 10.3. The van der Waals surface area contributed by atoms with E-state index in [2.05, 4.69) is 112 Å². The van der Waals surface area contributed by atoms with E-state index in [4.69, 9.17) is 14.4 Å². The topological polar surface area (TPSA) is 58.6 Å². The van der Waals surface area contributed by atoms with Gasteiger partial charge in [-0.3, -0.25) is 4.99 Å². The Balaban J connectivity index is 1.17. The minimum Gasteiger partial charge on any atom is -0.507 e. The Morgan fingerprint density at radius 3 is 2.26 bits per heavy atom. The molecule has 260 valence electrons. The zero-order chi connectivity index (χ0) is 36.6. The van der Waals surface area contributed by atoms with Crippen molar-refractivity contribution in [2.45, 2.75) is 26.2 Å². The van der Waals surface area contributed by atoms with Gasteiger partial charge < -0.3 is 9.52 Å². The van der Waals surface area contributed by atoms with Crippen molar-refractivity contribution in [3.63, 3.8) is 0 Å². The van der Waals surface area contributed by atoms with Crippen LogP contribution < -0.4 is 0 Å². The van der Waals surface area contributed by atoms with Crippen LogP contribution in [0.2, 0.25) is 0 Å². The monoisotopic (exact) mass is 734 g/mol. The van der Waals surface area contributed by atoms with Gasteiger partial charge in [-0.15, -0.1) is 22.7 Å². The van der Waals surface area contributed by atoms with Crippen LogP contribution in [0, 0.1) is 0 Å². The van der Waals surface area contributed by atoms with E-state index in [0.29, 0.717) is 5.56 Å². The second kappa shape index (κ2) is 12.5. The first-order valence-corrected chi connectivity index (χ1v) is 19.7. The number of phenolic OH excluding ortho intramolecular Hbond substituents is 1. The fourth-order valence-electron chi connectivity index (χ4n) is 7.41. The Morgan fingerprint density at radius 2 is 1.37 bits per heavy atom. The normalized spacial score (nSPS) is 12.4. The summed E-state index contributed by atoms with van der Waals surface area (Å²) in [4.78, 5) is 10.3. The Labute approximate surface area is 320 Å². The number of thiophene rings is 1. The van der Waals surface area contributed by atoms with Crippen molar-refractivity contribution in [3.05, 3.63) is 151 Å². The lowest BCUT2D eigenvalue weighted by molar-refractivity contribution is 0.473. The average molecular weight is 735 g/mol. The Hall–Kier alpha value is -6.08. The molecule has 1 N–H and O–H groups in total. The standard InChI is InChI=1S/C48H34N2O2S2/c1-48(2,3)31-20-21-40(51)30(23-31)27-49-39-16-7-4-13-36(39)47-50-45-38(35-15-10-14-34-32-11-5-8-17-41(32)52-46(34)35)25-29(26-44(45)54-47)28-19-22-43-37(24-28)33-12-6-9-18-42(33)53-43/h4-27,51H,1-3H3. The van der Waals surface area contributed by atoms with E-state index in [1.807, 2.05) is 53.8 Å². The number of rotatable bonds is 5. The zero-order valence-corrected chi connectivity index (χ0v) is 31.6. The number of aliphatic imine (C=N–C) groups is 1. The maximum Gasteiger partial charge on any atom is 0.143 e. The molecular weight excluding hydrogens is 701 g/mol. The van der Waals surface area contributed by atoms with Gasteiger partial charge in [-0.05, 0) is 82.8 Å². The molecule has 54 heavy (non-hydrogen) atoms. The third-order valence-corrected chi connectivity index (χ3v) is 12.5. The first kappa shape index (κ1) is 32.6. The number of nitrogens with zero attached hydrogens (tertiary/aromatic N) is 2. The van der Waals surface area contributed by atoms with Crippen LogP contribution in [-0.2, 0) is 5.41 Å². The van der Waals surface area contributed by atoms with E-state index in [1.54, 1.807) is 23.6 Å². The highest BCUT2D eigenvalue weighted by Crippen LogP contribution is 2.45. The van der Waals surface area contributed by atoms with Crippen molar-refractivity contribution >= 4 is 86.9 Å². The van der Waals surface area contributed by atoms with E-state index in [0.717, 1.165) is 76.2 Å². The van der Waals surface area contributed by atoms with Crippen LogP contribution in [0.15, 0.2) is 149 Å². The van der Waals surface area contributed by atoms with Gasteiger partial charge in [0.25, 0.3) is 0 Å². The molecule has 4 nitrogen and oxygen atoms in total. The second-order valence-electron chi connectivity index (χ2n) is 14.8. The number of fused-ring (bicyclic) bond motifs is 7. The molecule has 3 heterocycles.